The van der Waals surface area contributed by atoms with Gasteiger partial charge >= 0.3 is 6.80 Å². The van der Waals surface area contributed by atoms with E-state index in [4.69, 9.17) is 24.5 Å². The molecule has 18 nitrogen and oxygen atoms in total. The molecule has 0 aliphatic heterocycles. The topological polar surface area (TPSA) is 232 Å². The monoisotopic (exact) mass is 670 g/mol. The molecule has 0 fully saturated rings. The van der Waals surface area contributed by atoms with Crippen LogP contribution in [0.5, 0.6) is 0 Å². The molecule has 21 heteroatoms. The fourth-order valence-corrected chi connectivity index (χ4v) is 5.57. The van der Waals surface area contributed by atoms with Crippen molar-refractivity contribution in [2.75, 3.05) is 39.8 Å². The van der Waals surface area contributed by atoms with Crippen molar-refractivity contribution in [1.82, 2.24) is 43.4 Å². The summed E-state index contributed by atoms with van der Waals surface area (Å²) in [5, 5.41) is 0. The SMILES string of the molecule is CO[C@H](COP(=O)(O)S)[C@@H](CCOC[C@@H](OC)[C@@H](F)Cn1cnc2c(=O)[nH]c(N)nc21)Cn1cnc2c(=O)[nH]c3nccn3c21. The molecule has 5 N–H and O–H groups in total. The van der Waals surface area contributed by atoms with Crippen LogP contribution in [0.15, 0.2) is 34.6 Å². The third-order valence-electron chi connectivity index (χ3n) is 7.27. The van der Waals surface area contributed by atoms with Gasteiger partial charge in [0.05, 0.1) is 38.5 Å². The Labute approximate surface area is 258 Å². The quantitative estimate of drug-likeness (QED) is 0.0548. The van der Waals surface area contributed by atoms with E-state index in [0.29, 0.717) is 17.8 Å². The predicted molar refractivity (Wildman–Crippen MR) is 162 cm³/mol. The van der Waals surface area contributed by atoms with Crippen molar-refractivity contribution in [1.29, 1.82) is 0 Å². The summed E-state index contributed by atoms with van der Waals surface area (Å²) in [7, 11) is 2.78. The lowest BCUT2D eigenvalue weighted by molar-refractivity contribution is -0.0471. The van der Waals surface area contributed by atoms with Gasteiger partial charge in [-0.05, 0) is 6.42 Å². The second-order valence-electron chi connectivity index (χ2n) is 10.1. The van der Waals surface area contributed by atoms with E-state index in [9.17, 15) is 19.0 Å². The lowest BCUT2D eigenvalue weighted by Gasteiger charge is -2.27. The van der Waals surface area contributed by atoms with Gasteiger partial charge in [-0.25, -0.2) is 23.9 Å². The normalized spacial score (nSPS) is 16.3. The Kier molecular flexibility index (Phi) is 10.0. The molecule has 5 rings (SSSR count). The van der Waals surface area contributed by atoms with E-state index >= 15 is 4.39 Å². The molecule has 5 heterocycles. The average molecular weight is 671 g/mol. The van der Waals surface area contributed by atoms with Crippen LogP contribution in [0.3, 0.4) is 0 Å². The van der Waals surface area contributed by atoms with Crippen molar-refractivity contribution >= 4 is 53.1 Å². The second kappa shape index (κ2) is 13.8. The number of nitrogens with one attached hydrogen (secondary N) is 2. The number of ether oxygens (including phenoxy) is 3. The third kappa shape index (κ3) is 7.43. The van der Waals surface area contributed by atoms with E-state index in [1.807, 2.05) is 0 Å². The Bertz CT molecular complexity index is 1940. The van der Waals surface area contributed by atoms with Gasteiger partial charge in [0.25, 0.3) is 11.1 Å². The number of methoxy groups -OCH3 is 2. The van der Waals surface area contributed by atoms with E-state index in [-0.39, 0.29) is 55.5 Å². The van der Waals surface area contributed by atoms with Crippen LogP contribution < -0.4 is 16.9 Å². The second-order valence-corrected chi connectivity index (χ2v) is 12.9. The first-order chi connectivity index (χ1) is 21.5. The molecule has 0 bridgehead atoms. The van der Waals surface area contributed by atoms with Crippen LogP contribution in [0, 0.1) is 5.92 Å². The number of nitrogen functional groups attached to an aromatic ring is 1. The highest BCUT2D eigenvalue weighted by Gasteiger charge is 2.28. The van der Waals surface area contributed by atoms with Crippen molar-refractivity contribution in [3.8, 4) is 0 Å². The molecule has 5 aromatic heterocycles. The molecule has 0 saturated carbocycles. The first-order valence-electron chi connectivity index (χ1n) is 13.6. The summed E-state index contributed by atoms with van der Waals surface area (Å²) in [4.78, 5) is 55.6. The third-order valence-corrected chi connectivity index (χ3v) is 8.10. The molecule has 0 aliphatic rings. The molecule has 0 saturated heterocycles. The number of halogens is 1. The zero-order valence-corrected chi connectivity index (χ0v) is 25.9. The van der Waals surface area contributed by atoms with Crippen molar-refractivity contribution in [2.24, 2.45) is 5.92 Å². The Hall–Kier alpha value is -3.65. The number of imidazole rings is 3. The summed E-state index contributed by atoms with van der Waals surface area (Å²) in [6.45, 7) is -4.36. The highest BCUT2D eigenvalue weighted by atomic mass is 32.7. The summed E-state index contributed by atoms with van der Waals surface area (Å²) in [6.07, 6.45) is 3.09. The fourth-order valence-electron chi connectivity index (χ4n) is 5.03. The van der Waals surface area contributed by atoms with Gasteiger partial charge in [0.2, 0.25) is 11.7 Å². The fraction of sp³-hybridized carbons (Fsp3) is 0.500. The van der Waals surface area contributed by atoms with Crippen molar-refractivity contribution < 1.29 is 32.6 Å². The number of aromatic nitrogens is 9. The summed E-state index contributed by atoms with van der Waals surface area (Å²) in [5.74, 6) is -0.191. The van der Waals surface area contributed by atoms with Gasteiger partial charge in [-0.2, -0.15) is 4.98 Å². The van der Waals surface area contributed by atoms with Crippen LogP contribution in [0.25, 0.3) is 28.1 Å². The summed E-state index contributed by atoms with van der Waals surface area (Å²) in [6, 6.07) is 0. The van der Waals surface area contributed by atoms with Crippen LogP contribution in [-0.2, 0) is 36.4 Å². The summed E-state index contributed by atoms with van der Waals surface area (Å²) in [5.41, 5.74) is 5.53. The number of aromatic amines is 2. The van der Waals surface area contributed by atoms with Crippen LogP contribution in [0.2, 0.25) is 0 Å². The van der Waals surface area contributed by atoms with Crippen LogP contribution in [0.4, 0.5) is 10.3 Å². The van der Waals surface area contributed by atoms with Crippen LogP contribution in [0.1, 0.15) is 6.42 Å². The first-order valence-corrected chi connectivity index (χ1v) is 16.3. The van der Waals surface area contributed by atoms with Crippen molar-refractivity contribution in [2.45, 2.75) is 37.9 Å². The highest BCUT2D eigenvalue weighted by molar-refractivity contribution is 8.44. The van der Waals surface area contributed by atoms with Gasteiger partial charge < -0.3 is 34.0 Å². The minimum atomic E-state index is -4.11. The van der Waals surface area contributed by atoms with Crippen LogP contribution >= 0.6 is 19.0 Å². The van der Waals surface area contributed by atoms with E-state index < -0.39 is 42.2 Å². The van der Waals surface area contributed by atoms with E-state index in [1.54, 1.807) is 15.2 Å². The molecule has 5 atom stereocenters. The Morgan fingerprint density at radius 3 is 2.49 bits per heavy atom. The molecule has 244 valence electrons. The largest absolute Gasteiger partial charge is 0.383 e. The molecular weight excluding hydrogens is 638 g/mol. The van der Waals surface area contributed by atoms with Gasteiger partial charge in [0.15, 0.2) is 22.3 Å². The molecule has 0 radical (unpaired) electrons. The molecule has 45 heavy (non-hydrogen) atoms. The van der Waals surface area contributed by atoms with Crippen molar-refractivity contribution in [3.63, 3.8) is 0 Å². The lowest BCUT2D eigenvalue weighted by atomic mass is 9.99. The highest BCUT2D eigenvalue weighted by Crippen LogP contribution is 2.47. The molecular formula is C24H32FN10O8PS. The number of H-pyrrole nitrogens is 2. The lowest BCUT2D eigenvalue weighted by Crippen LogP contribution is -2.34. The number of thiol groups is 1. The predicted octanol–water partition coefficient (Wildman–Crippen LogP) is 0.526. The number of alkyl halides is 1. The molecule has 0 aliphatic carbocycles. The van der Waals surface area contributed by atoms with Gasteiger partial charge in [-0.3, -0.25) is 28.5 Å². The number of rotatable bonds is 16. The smallest absolute Gasteiger partial charge is 0.379 e. The summed E-state index contributed by atoms with van der Waals surface area (Å²) < 4.78 is 53.7. The number of hydrogen-bond donors (Lipinski definition) is 5. The van der Waals surface area contributed by atoms with Gasteiger partial charge in [-0.1, -0.05) is 12.2 Å². The molecule has 5 aromatic rings. The maximum absolute atomic E-state index is 15.3. The van der Waals surface area contributed by atoms with Crippen LogP contribution in [-0.4, -0.2) is 101 Å². The maximum atomic E-state index is 15.3. The maximum Gasteiger partial charge on any atom is 0.383 e. The number of nitrogens with zero attached hydrogens (tertiary/aromatic N) is 7. The van der Waals surface area contributed by atoms with E-state index in [0.717, 1.165) is 0 Å². The zero-order valence-electron chi connectivity index (χ0n) is 24.1. The molecule has 0 amide bonds. The van der Waals surface area contributed by atoms with Gasteiger partial charge in [0, 0.05) is 45.7 Å². The Morgan fingerprint density at radius 1 is 1.04 bits per heavy atom. The number of fused-ring (bicyclic) bond motifs is 4. The number of anilines is 1. The molecule has 0 spiro atoms. The zero-order chi connectivity index (χ0) is 32.3. The standard InChI is InChI=1S/C24H32FN10O8PS/c1-40-15(10-43-44(38,39)45)13(7-34-12-29-18-21(37)32-24-27-4-5-35(24)22(18)34)3-6-42-9-16(41-2)14(25)8-33-11-28-17-19(33)30-23(26)31-20(17)36/h4-5,11-16H,3,6-10H2,1-2H3,(H,27,32,37)(H2,38,39,45)(H3,26,30,31,36)/t13-,14-,15+,16+/m0/s1. The molecule has 0 aromatic carbocycles. The van der Waals surface area contributed by atoms with Crippen molar-refractivity contribution in [3.05, 3.63) is 45.8 Å². The Morgan fingerprint density at radius 2 is 1.76 bits per heavy atom. The van der Waals surface area contributed by atoms with E-state index in [1.165, 1.54) is 37.6 Å². The minimum absolute atomic E-state index is 0.0313. The first kappa shape index (κ1) is 32.7. The van der Waals surface area contributed by atoms with E-state index in [2.05, 4.69) is 42.2 Å². The minimum Gasteiger partial charge on any atom is -0.379 e. The number of hydrogen-bond acceptors (Lipinski definition) is 12. The van der Waals surface area contributed by atoms with Gasteiger partial charge in [-0.15, -0.1) is 0 Å². The van der Waals surface area contributed by atoms with Gasteiger partial charge in [0.1, 0.15) is 12.3 Å². The Balaban J connectivity index is 1.28. The molecule has 1 unspecified atom stereocenters. The number of nitrogens with two attached hydrogens (primary N) is 1. The average Bonchev–Trinajstić information content (AvgIpc) is 3.71. The summed E-state index contributed by atoms with van der Waals surface area (Å²) >= 11 is 3.58.